The number of hydrogen-bond donors (Lipinski definition) is 1. The molecule has 3 rings (SSSR count). The highest BCUT2D eigenvalue weighted by Crippen LogP contribution is 2.38. The number of nitrogens with zero attached hydrogens (tertiary/aromatic N) is 1. The molecule has 1 N–H and O–H groups in total. The summed E-state index contributed by atoms with van der Waals surface area (Å²) in [5.41, 5.74) is 0.502. The Morgan fingerprint density at radius 1 is 1.28 bits per heavy atom. The van der Waals surface area contributed by atoms with Crippen LogP contribution in [-0.2, 0) is 14.0 Å². The van der Waals surface area contributed by atoms with Gasteiger partial charge in [0, 0.05) is 16.5 Å². The van der Waals surface area contributed by atoms with Gasteiger partial charge in [-0.15, -0.1) is 11.3 Å². The fourth-order valence-electron chi connectivity index (χ4n) is 3.13. The molecule has 6 nitrogen and oxygen atoms in total. The first-order valence-corrected chi connectivity index (χ1v) is 10.9. The Balaban J connectivity index is 1.89. The van der Waals surface area contributed by atoms with Crippen molar-refractivity contribution in [3.05, 3.63) is 23.2 Å². The average Bonchev–Trinajstić information content (AvgIpc) is 3.09. The minimum absolute atomic E-state index is 0.143. The van der Waals surface area contributed by atoms with Crippen LogP contribution in [0.2, 0.25) is 0 Å². The number of carbonyl (C=O) groups is 1. The van der Waals surface area contributed by atoms with E-state index in [9.17, 15) is 4.79 Å². The molecule has 1 atom stereocenters. The molecule has 1 saturated heterocycles. The highest BCUT2D eigenvalue weighted by molar-refractivity contribution is 7.20. The maximum atomic E-state index is 12.3. The number of hydrogen-bond acceptors (Lipinski definition) is 6. The molecule has 0 aromatic carbocycles. The van der Waals surface area contributed by atoms with Crippen molar-refractivity contribution < 1.29 is 18.8 Å². The van der Waals surface area contributed by atoms with E-state index < -0.39 is 30.0 Å². The second-order valence-electron chi connectivity index (χ2n) is 9.46. The lowest BCUT2D eigenvalue weighted by Gasteiger charge is -2.32. The van der Waals surface area contributed by atoms with E-state index >= 15 is 0 Å². The molecule has 3 heterocycles. The summed E-state index contributed by atoms with van der Waals surface area (Å²) in [6.45, 7) is 15.8. The van der Waals surface area contributed by atoms with Gasteiger partial charge in [0.2, 0.25) is 0 Å². The van der Waals surface area contributed by atoms with Crippen molar-refractivity contribution in [3.63, 3.8) is 0 Å². The number of aromatic nitrogens is 1. The first-order chi connectivity index (χ1) is 13.3. The molecule has 1 fully saturated rings. The van der Waals surface area contributed by atoms with Crippen molar-refractivity contribution in [2.75, 3.05) is 0 Å². The van der Waals surface area contributed by atoms with Gasteiger partial charge in [-0.3, -0.25) is 4.98 Å². The van der Waals surface area contributed by atoms with Crippen molar-refractivity contribution >= 4 is 40.2 Å². The van der Waals surface area contributed by atoms with Gasteiger partial charge in [0.1, 0.15) is 5.60 Å². The third-order valence-corrected chi connectivity index (χ3v) is 6.70. The molecule has 0 aliphatic carbocycles. The molecule has 29 heavy (non-hydrogen) atoms. The molecule has 2 aromatic rings. The molecule has 0 radical (unpaired) electrons. The average molecular weight is 418 g/mol. The van der Waals surface area contributed by atoms with Crippen LogP contribution in [0.15, 0.2) is 18.3 Å². The Morgan fingerprint density at radius 3 is 2.45 bits per heavy atom. The van der Waals surface area contributed by atoms with Crippen molar-refractivity contribution in [2.24, 2.45) is 0 Å². The van der Waals surface area contributed by atoms with E-state index in [4.69, 9.17) is 14.0 Å². The van der Waals surface area contributed by atoms with Crippen molar-refractivity contribution in [1.82, 2.24) is 10.3 Å². The number of thiophene rings is 1. The molecular weight excluding hydrogens is 387 g/mol. The summed E-state index contributed by atoms with van der Waals surface area (Å²) in [7, 11) is -0.448. The van der Waals surface area contributed by atoms with E-state index in [0.29, 0.717) is 0 Å². The molecule has 1 aliphatic rings. The largest absolute Gasteiger partial charge is 0.496 e. The van der Waals surface area contributed by atoms with Crippen LogP contribution in [-0.4, -0.2) is 35.0 Å². The van der Waals surface area contributed by atoms with Gasteiger partial charge in [-0.05, 0) is 67.0 Å². The maximum absolute atomic E-state index is 12.3. The van der Waals surface area contributed by atoms with Gasteiger partial charge >= 0.3 is 13.2 Å². The number of alkyl carbamates (subject to hydrolysis) is 1. The Hall–Kier alpha value is -1.64. The Bertz CT molecular complexity index is 888. The molecule has 158 valence electrons. The topological polar surface area (TPSA) is 69.7 Å². The van der Waals surface area contributed by atoms with Crippen molar-refractivity contribution in [2.45, 2.75) is 84.7 Å². The number of pyridine rings is 1. The first-order valence-electron chi connectivity index (χ1n) is 10.1. The second kappa shape index (κ2) is 7.56. The normalized spacial score (nSPS) is 19.4. The second-order valence-corrected chi connectivity index (χ2v) is 10.5. The first kappa shape index (κ1) is 22.1. The maximum Gasteiger partial charge on any atom is 0.496 e. The van der Waals surface area contributed by atoms with Gasteiger partial charge in [-0.1, -0.05) is 6.92 Å². The molecule has 2 aromatic heterocycles. The molecule has 8 heteroatoms. The van der Waals surface area contributed by atoms with Crippen LogP contribution in [0.1, 0.15) is 72.7 Å². The number of amides is 1. The Kier molecular flexibility index (Phi) is 5.75. The van der Waals surface area contributed by atoms with Crippen molar-refractivity contribution in [3.8, 4) is 0 Å². The molecule has 0 spiro atoms. The third kappa shape index (κ3) is 4.59. The lowest BCUT2D eigenvalue weighted by molar-refractivity contribution is 0.00578. The summed E-state index contributed by atoms with van der Waals surface area (Å²) in [6, 6.07) is 3.84. The molecule has 1 aliphatic heterocycles. The molecule has 0 bridgehead atoms. The minimum atomic E-state index is -0.534. The van der Waals surface area contributed by atoms with Gasteiger partial charge in [0.25, 0.3) is 0 Å². The monoisotopic (exact) mass is 418 g/mol. The zero-order valence-electron chi connectivity index (χ0n) is 18.6. The van der Waals surface area contributed by atoms with Crippen LogP contribution in [0, 0.1) is 0 Å². The van der Waals surface area contributed by atoms with Crippen molar-refractivity contribution in [1.29, 1.82) is 0 Å². The van der Waals surface area contributed by atoms with E-state index in [1.807, 2.05) is 67.5 Å². The molecule has 1 amide bonds. The highest BCUT2D eigenvalue weighted by atomic mass is 32.1. The van der Waals surface area contributed by atoms with Gasteiger partial charge in [-0.2, -0.15) is 0 Å². The zero-order chi connectivity index (χ0) is 21.6. The predicted octanol–water partition coefficient (Wildman–Crippen LogP) is 4.57. The lowest BCUT2D eigenvalue weighted by Crippen LogP contribution is -2.41. The number of fused-ring (bicyclic) bond motifs is 1. The SMILES string of the molecule is CCC(NC(=O)OC(C)(C)C)c1cc2nccc(B3OC(C)(C)C(C)(C)O3)c2s1. The van der Waals surface area contributed by atoms with E-state index in [1.165, 1.54) is 0 Å². The molecular formula is C21H31BN2O4S. The van der Waals surface area contributed by atoms with E-state index in [-0.39, 0.29) is 6.04 Å². The fraction of sp³-hybridized carbons (Fsp3) is 0.619. The van der Waals surface area contributed by atoms with E-state index in [1.54, 1.807) is 17.5 Å². The van der Waals surface area contributed by atoms with Gasteiger partial charge in [-0.25, -0.2) is 4.79 Å². The van der Waals surface area contributed by atoms with Gasteiger partial charge in [0.15, 0.2) is 0 Å². The number of nitrogens with one attached hydrogen (secondary N) is 1. The standard InChI is InChI=1S/C21H31BN2O4S/c1-9-14(24-18(25)26-19(2,3)4)16-12-15-17(29-16)13(10-11-23-15)22-27-20(5,6)21(7,8)28-22/h10-12,14H,9H2,1-8H3,(H,24,25). The summed E-state index contributed by atoms with van der Waals surface area (Å²) in [4.78, 5) is 17.8. The van der Waals surface area contributed by atoms with Crippen LogP contribution in [0.25, 0.3) is 10.2 Å². The Labute approximate surface area is 177 Å². The summed E-state index contributed by atoms with van der Waals surface area (Å²) < 4.78 is 18.9. The fourth-order valence-corrected chi connectivity index (χ4v) is 4.40. The quantitative estimate of drug-likeness (QED) is 0.737. The van der Waals surface area contributed by atoms with E-state index in [0.717, 1.165) is 27.0 Å². The van der Waals surface area contributed by atoms with Crippen LogP contribution in [0.4, 0.5) is 4.79 Å². The number of carbonyl (C=O) groups excluding carboxylic acids is 1. The third-order valence-electron chi connectivity index (χ3n) is 5.41. The summed E-state index contributed by atoms with van der Waals surface area (Å²) in [5.74, 6) is 0. The van der Waals surface area contributed by atoms with Gasteiger partial charge in [0.05, 0.1) is 27.5 Å². The molecule has 0 saturated carbocycles. The zero-order valence-corrected chi connectivity index (χ0v) is 19.4. The lowest BCUT2D eigenvalue weighted by atomic mass is 9.79. The minimum Gasteiger partial charge on any atom is -0.444 e. The van der Waals surface area contributed by atoms with Crippen LogP contribution in [0.5, 0.6) is 0 Å². The number of rotatable bonds is 4. The van der Waals surface area contributed by atoms with E-state index in [2.05, 4.69) is 10.3 Å². The smallest absolute Gasteiger partial charge is 0.444 e. The highest BCUT2D eigenvalue weighted by Gasteiger charge is 2.52. The van der Waals surface area contributed by atoms with Crippen LogP contribution in [0.3, 0.4) is 0 Å². The summed E-state index contributed by atoms with van der Waals surface area (Å²) in [5, 5.41) is 2.97. The van der Waals surface area contributed by atoms with Crippen LogP contribution >= 0.6 is 11.3 Å². The molecule has 1 unspecified atom stereocenters. The predicted molar refractivity (Wildman–Crippen MR) is 118 cm³/mol. The number of ether oxygens (including phenoxy) is 1. The Morgan fingerprint density at radius 2 is 1.90 bits per heavy atom. The van der Waals surface area contributed by atoms with Gasteiger partial charge < -0.3 is 19.4 Å². The summed E-state index contributed by atoms with van der Waals surface area (Å²) in [6.07, 6.45) is 2.11. The van der Waals surface area contributed by atoms with Crippen LogP contribution < -0.4 is 10.8 Å². The summed E-state index contributed by atoms with van der Waals surface area (Å²) >= 11 is 1.61.